The zero-order valence-electron chi connectivity index (χ0n) is 25.4. The van der Waals surface area contributed by atoms with Crippen molar-refractivity contribution in [3.8, 4) is 0 Å². The SMILES string of the molecule is CCC(CC)NC(=O)CCS(C)(=O)=O.CCC[C@@H]([C-]=C(Cl)N=[C-]c1ccc(F)cn1)[C@@H](C)CC.CS(C)(=O)=O.[K+]. The third kappa shape index (κ3) is 29.3. The smallest absolute Gasteiger partial charge is 0.526 e. The van der Waals surface area contributed by atoms with Crippen molar-refractivity contribution in [3.63, 3.8) is 0 Å². The summed E-state index contributed by atoms with van der Waals surface area (Å²) in [6.45, 7) is 10.5. The second-order valence-corrected chi connectivity index (χ2v) is 14.3. The van der Waals surface area contributed by atoms with E-state index in [0.717, 1.165) is 57.1 Å². The quantitative estimate of drug-likeness (QED) is 0.152. The molecular weight excluding hydrogens is 604 g/mol. The minimum Gasteiger partial charge on any atom is -0.526 e. The van der Waals surface area contributed by atoms with Gasteiger partial charge in [0.25, 0.3) is 0 Å². The molecule has 8 nitrogen and oxygen atoms in total. The summed E-state index contributed by atoms with van der Waals surface area (Å²) in [4.78, 5) is 19.1. The summed E-state index contributed by atoms with van der Waals surface area (Å²) in [6, 6.07) is 2.98. The molecular formula is C27H45ClFKN3O5S2-. The van der Waals surface area contributed by atoms with Crippen LogP contribution in [0.15, 0.2) is 28.5 Å². The average Bonchev–Trinajstić information content (AvgIpc) is 2.84. The van der Waals surface area contributed by atoms with Gasteiger partial charge in [-0.25, -0.2) is 21.2 Å². The van der Waals surface area contributed by atoms with Crippen LogP contribution in [-0.2, 0) is 24.5 Å². The molecule has 1 aromatic heterocycles. The van der Waals surface area contributed by atoms with Gasteiger partial charge in [0.2, 0.25) is 5.91 Å². The van der Waals surface area contributed by atoms with Crippen LogP contribution in [0.3, 0.4) is 0 Å². The van der Waals surface area contributed by atoms with Crippen LogP contribution in [0.4, 0.5) is 4.39 Å². The molecule has 1 N–H and O–H groups in total. The molecule has 1 heterocycles. The van der Waals surface area contributed by atoms with Gasteiger partial charge in [-0.1, -0.05) is 72.1 Å². The van der Waals surface area contributed by atoms with Crippen molar-refractivity contribution in [2.75, 3.05) is 24.5 Å². The monoisotopic (exact) mass is 648 g/mol. The predicted octanol–water partition coefficient (Wildman–Crippen LogP) is 2.25. The molecule has 2 atom stereocenters. The molecule has 13 heteroatoms. The van der Waals surface area contributed by atoms with Gasteiger partial charge in [-0.15, -0.1) is 6.07 Å². The van der Waals surface area contributed by atoms with Crippen molar-refractivity contribution in [2.45, 2.75) is 79.2 Å². The van der Waals surface area contributed by atoms with E-state index < -0.39 is 19.7 Å². The summed E-state index contributed by atoms with van der Waals surface area (Å²) >= 11 is 6.07. The van der Waals surface area contributed by atoms with Crippen LogP contribution in [0.1, 0.15) is 78.8 Å². The first-order chi connectivity index (χ1) is 17.9. The van der Waals surface area contributed by atoms with Crippen molar-refractivity contribution in [3.05, 3.63) is 41.1 Å². The van der Waals surface area contributed by atoms with Crippen LogP contribution in [0, 0.1) is 23.7 Å². The first-order valence-corrected chi connectivity index (χ1v) is 17.7. The van der Waals surface area contributed by atoms with Crippen molar-refractivity contribution < 1.29 is 77.4 Å². The van der Waals surface area contributed by atoms with Crippen molar-refractivity contribution in [1.82, 2.24) is 10.3 Å². The van der Waals surface area contributed by atoms with E-state index >= 15 is 0 Å². The molecule has 40 heavy (non-hydrogen) atoms. The largest absolute Gasteiger partial charge is 1.00 e. The number of sulfone groups is 2. The van der Waals surface area contributed by atoms with Crippen LogP contribution in [-0.4, -0.2) is 64.5 Å². The fraction of sp³-hybridized carbons (Fsp3) is 0.667. The second-order valence-electron chi connectivity index (χ2n) is 9.40. The average molecular weight is 649 g/mol. The van der Waals surface area contributed by atoms with Crippen molar-refractivity contribution in [2.24, 2.45) is 16.8 Å². The first-order valence-electron chi connectivity index (χ1n) is 12.9. The summed E-state index contributed by atoms with van der Waals surface area (Å²) in [6.07, 6.45) is 15.5. The van der Waals surface area contributed by atoms with Gasteiger partial charge in [0.05, 0.1) is 11.9 Å². The number of nitrogens with zero attached hydrogens (tertiary/aromatic N) is 2. The Hall–Kier alpha value is -0.214. The molecule has 0 saturated carbocycles. The number of carbonyl (C=O) groups excluding carboxylic acids is 1. The van der Waals surface area contributed by atoms with Crippen LogP contribution < -0.4 is 56.7 Å². The Kier molecular flexibility index (Phi) is 26.8. The Morgan fingerprint density at radius 1 is 1.07 bits per heavy atom. The zero-order valence-corrected chi connectivity index (χ0v) is 30.9. The standard InChI is InChI=1S/C16H20ClFN2.C9H19NO3S.C2H6O2S.K/c1-4-6-13(12(3)5-2)9-16(17)20-11-15-8-7-14(18)10-19-15;1-4-8(5-2)10-9(11)6-7-14(3,12)13;1-5(2,3)4;/h7-8,10,12-13H,4-6H2,1-3H3;8H,4-7H2,1-3H3,(H,10,11);1-2H3;/q-2;;;+1/t12-,13-;;;/m0.../s1. The van der Waals surface area contributed by atoms with Gasteiger partial charge in [0.1, 0.15) is 25.5 Å². The normalized spacial score (nSPS) is 13.3. The van der Waals surface area contributed by atoms with E-state index in [2.05, 4.69) is 48.4 Å². The number of pyridine rings is 1. The molecule has 0 spiro atoms. The van der Waals surface area contributed by atoms with Crippen molar-refractivity contribution in [1.29, 1.82) is 0 Å². The fourth-order valence-corrected chi connectivity index (χ4v) is 3.64. The molecule has 0 fully saturated rings. The number of amides is 1. The molecule has 0 aliphatic heterocycles. The molecule has 1 aromatic rings. The van der Waals surface area contributed by atoms with E-state index in [1.807, 2.05) is 13.8 Å². The van der Waals surface area contributed by atoms with Gasteiger partial charge in [-0.2, -0.15) is 22.7 Å². The summed E-state index contributed by atoms with van der Waals surface area (Å²) in [5.41, 5.74) is 0.446. The number of aromatic nitrogens is 1. The van der Waals surface area contributed by atoms with E-state index in [9.17, 15) is 26.0 Å². The molecule has 1 amide bonds. The Morgan fingerprint density at radius 2 is 1.62 bits per heavy atom. The van der Waals surface area contributed by atoms with Crippen LogP contribution in [0.5, 0.6) is 0 Å². The number of hydrogen-bond donors (Lipinski definition) is 1. The molecule has 1 rings (SSSR count). The van der Waals surface area contributed by atoms with E-state index in [0.29, 0.717) is 17.5 Å². The number of aliphatic imine (C=N–C) groups is 1. The summed E-state index contributed by atoms with van der Waals surface area (Å²) in [7, 11) is -5.70. The number of rotatable bonds is 13. The summed E-state index contributed by atoms with van der Waals surface area (Å²) in [5.74, 6) is 0.179. The van der Waals surface area contributed by atoms with Gasteiger partial charge in [-0.3, -0.25) is 9.78 Å². The van der Waals surface area contributed by atoms with E-state index in [1.165, 1.54) is 12.1 Å². The van der Waals surface area contributed by atoms with Crippen LogP contribution in [0.25, 0.3) is 0 Å². The van der Waals surface area contributed by atoms with Gasteiger partial charge in [0, 0.05) is 31.2 Å². The Balaban J connectivity index is -0.000000597. The molecule has 0 aromatic carbocycles. The topological polar surface area (TPSA) is 123 Å². The van der Waals surface area contributed by atoms with Crippen LogP contribution >= 0.6 is 11.6 Å². The zero-order chi connectivity index (χ0) is 30.6. The second kappa shape index (κ2) is 24.3. The maximum Gasteiger partial charge on any atom is 1.00 e. The van der Waals surface area contributed by atoms with E-state index in [-0.39, 0.29) is 86.5 Å². The number of nitrogens with one attached hydrogen (secondary N) is 1. The molecule has 0 bridgehead atoms. The van der Waals surface area contributed by atoms with Crippen LogP contribution in [0.2, 0.25) is 0 Å². The number of carbonyl (C=O) groups is 1. The molecule has 0 aliphatic carbocycles. The predicted molar refractivity (Wildman–Crippen MR) is 159 cm³/mol. The molecule has 0 radical (unpaired) electrons. The first kappa shape index (κ1) is 44.2. The fourth-order valence-electron chi connectivity index (χ4n) is 2.90. The van der Waals surface area contributed by atoms with Gasteiger partial charge >= 0.3 is 51.4 Å². The Bertz CT molecular complexity index is 1090. The molecule has 0 aliphatic rings. The Morgan fingerprint density at radius 3 is 2.02 bits per heavy atom. The Labute approximate surface area is 289 Å². The van der Waals surface area contributed by atoms with Gasteiger partial charge in [0.15, 0.2) is 0 Å². The third-order valence-electron chi connectivity index (χ3n) is 5.28. The third-order valence-corrected chi connectivity index (χ3v) is 6.42. The molecule has 226 valence electrons. The van der Waals surface area contributed by atoms with E-state index in [1.54, 1.807) is 0 Å². The van der Waals surface area contributed by atoms with Gasteiger partial charge in [-0.05, 0) is 18.5 Å². The van der Waals surface area contributed by atoms with E-state index in [4.69, 9.17) is 11.6 Å². The minimum absolute atomic E-state index is 0. The van der Waals surface area contributed by atoms with Gasteiger partial charge < -0.3 is 16.4 Å². The molecule has 0 saturated heterocycles. The number of allylic oxidation sites excluding steroid dienone is 1. The molecule has 0 unspecified atom stereocenters. The number of hydrogen-bond acceptors (Lipinski definition) is 7. The minimum atomic E-state index is -3.03. The van der Waals surface area contributed by atoms with Crippen molar-refractivity contribution >= 4 is 43.4 Å². The maximum atomic E-state index is 12.7. The summed E-state index contributed by atoms with van der Waals surface area (Å²) in [5, 5.41) is 3.07. The maximum absolute atomic E-state index is 12.7. The number of halogens is 2. The summed E-state index contributed by atoms with van der Waals surface area (Å²) < 4.78 is 53.5.